The van der Waals surface area contributed by atoms with Crippen LogP contribution >= 0.6 is 0 Å². The van der Waals surface area contributed by atoms with Crippen molar-refractivity contribution in [3.05, 3.63) is 46.3 Å². The molecule has 0 radical (unpaired) electrons. The molecule has 1 saturated heterocycles. The van der Waals surface area contributed by atoms with Crippen LogP contribution in [0.5, 0.6) is 11.6 Å². The van der Waals surface area contributed by atoms with Gasteiger partial charge in [0.1, 0.15) is 17.9 Å². The number of hydrogen-bond acceptors (Lipinski definition) is 8. The molecule has 1 aromatic carbocycles. The quantitative estimate of drug-likeness (QED) is 0.526. The van der Waals surface area contributed by atoms with Crippen LogP contribution in [0.2, 0.25) is 0 Å². The van der Waals surface area contributed by atoms with Gasteiger partial charge < -0.3 is 14.7 Å². The Bertz CT molecular complexity index is 1010. The first-order valence-electron chi connectivity index (χ1n) is 10.7. The van der Waals surface area contributed by atoms with Gasteiger partial charge in [-0.05, 0) is 49.3 Å². The lowest BCUT2D eigenvalue weighted by Crippen LogP contribution is -2.37. The van der Waals surface area contributed by atoms with Gasteiger partial charge in [-0.3, -0.25) is 19.7 Å². The number of aliphatic carboxylic acids is 1. The van der Waals surface area contributed by atoms with Crippen molar-refractivity contribution in [2.24, 2.45) is 5.92 Å². The summed E-state index contributed by atoms with van der Waals surface area (Å²) in [5, 5.41) is 21.0. The van der Waals surface area contributed by atoms with E-state index in [1.807, 2.05) is 12.1 Å². The lowest BCUT2D eigenvalue weighted by atomic mass is 9.83. The van der Waals surface area contributed by atoms with E-state index in [2.05, 4.69) is 9.97 Å². The highest BCUT2D eigenvalue weighted by atomic mass is 16.6. The Kier molecular flexibility index (Phi) is 6.29. The molecule has 32 heavy (non-hydrogen) atoms. The molecule has 1 aromatic heterocycles. The molecule has 2 heterocycles. The fourth-order valence-corrected chi connectivity index (χ4v) is 4.35. The highest BCUT2D eigenvalue weighted by Crippen LogP contribution is 2.38. The van der Waals surface area contributed by atoms with E-state index in [4.69, 9.17) is 4.74 Å². The first-order chi connectivity index (χ1) is 15.4. The van der Waals surface area contributed by atoms with Gasteiger partial charge in [0, 0.05) is 25.9 Å². The summed E-state index contributed by atoms with van der Waals surface area (Å²) in [7, 11) is 0. The minimum absolute atomic E-state index is 0.132. The molecule has 1 saturated carbocycles. The normalized spacial score (nSPS) is 17.9. The summed E-state index contributed by atoms with van der Waals surface area (Å²) in [4.78, 5) is 43.7. The number of piperidine rings is 1. The van der Waals surface area contributed by atoms with Gasteiger partial charge in [0.05, 0.1) is 10.8 Å². The van der Waals surface area contributed by atoms with Crippen molar-refractivity contribution >= 4 is 23.3 Å². The van der Waals surface area contributed by atoms with Gasteiger partial charge in [0.15, 0.2) is 0 Å². The van der Waals surface area contributed by atoms with E-state index in [0.29, 0.717) is 56.2 Å². The smallest absolute Gasteiger partial charge is 0.373 e. The Morgan fingerprint density at radius 3 is 2.34 bits per heavy atom. The van der Waals surface area contributed by atoms with Crippen LogP contribution in [0.1, 0.15) is 50.0 Å². The summed E-state index contributed by atoms with van der Waals surface area (Å²) < 4.78 is 5.75. The SMILES string of the molecule is O=C1CCC(c2ccc(Oc3ncnc(N4CCC(C(=O)O)CC4)c3[N+](=O)[O-])cc2)CC1. The minimum Gasteiger partial charge on any atom is -0.481 e. The van der Waals surface area contributed by atoms with Gasteiger partial charge in [-0.15, -0.1) is 0 Å². The molecular weight excluding hydrogens is 416 g/mol. The Morgan fingerprint density at radius 1 is 1.09 bits per heavy atom. The second-order valence-corrected chi connectivity index (χ2v) is 8.19. The average molecular weight is 440 g/mol. The molecule has 2 fully saturated rings. The average Bonchev–Trinajstić information content (AvgIpc) is 2.80. The van der Waals surface area contributed by atoms with Crippen molar-refractivity contribution in [3.8, 4) is 11.6 Å². The summed E-state index contributed by atoms with van der Waals surface area (Å²) in [5.41, 5.74) is 0.778. The molecule has 10 nitrogen and oxygen atoms in total. The number of nitrogens with zero attached hydrogens (tertiary/aromatic N) is 4. The van der Waals surface area contributed by atoms with E-state index in [1.54, 1.807) is 17.0 Å². The third-order valence-electron chi connectivity index (χ3n) is 6.21. The zero-order valence-corrected chi connectivity index (χ0v) is 17.5. The summed E-state index contributed by atoms with van der Waals surface area (Å²) in [6.45, 7) is 0.708. The van der Waals surface area contributed by atoms with Crippen LogP contribution in [0.15, 0.2) is 30.6 Å². The van der Waals surface area contributed by atoms with Crippen LogP contribution in [0.3, 0.4) is 0 Å². The number of carboxylic acids is 1. The van der Waals surface area contributed by atoms with E-state index in [0.717, 1.165) is 18.4 Å². The van der Waals surface area contributed by atoms with Gasteiger partial charge in [-0.25, -0.2) is 4.98 Å². The molecule has 1 aliphatic carbocycles. The Morgan fingerprint density at radius 2 is 1.75 bits per heavy atom. The number of rotatable bonds is 6. The highest BCUT2D eigenvalue weighted by Gasteiger charge is 2.32. The Balaban J connectivity index is 1.51. The lowest BCUT2D eigenvalue weighted by molar-refractivity contribution is -0.385. The summed E-state index contributed by atoms with van der Waals surface area (Å²) in [5.74, 6) is -0.282. The predicted octanol–water partition coefficient (Wildman–Crippen LogP) is 3.70. The number of benzene rings is 1. The van der Waals surface area contributed by atoms with Gasteiger partial charge in [-0.2, -0.15) is 4.98 Å². The summed E-state index contributed by atoms with van der Waals surface area (Å²) in [6.07, 6.45) is 4.86. The number of aromatic nitrogens is 2. The van der Waals surface area contributed by atoms with Crippen LogP contribution in [0, 0.1) is 16.0 Å². The van der Waals surface area contributed by atoms with Crippen molar-refractivity contribution < 1.29 is 24.4 Å². The number of ether oxygens (including phenoxy) is 1. The van der Waals surface area contributed by atoms with E-state index >= 15 is 0 Å². The van der Waals surface area contributed by atoms with E-state index in [-0.39, 0.29) is 17.4 Å². The minimum atomic E-state index is -0.853. The number of carbonyl (C=O) groups is 2. The molecule has 2 aromatic rings. The zero-order chi connectivity index (χ0) is 22.7. The van der Waals surface area contributed by atoms with Gasteiger partial charge in [0.25, 0.3) is 0 Å². The molecule has 4 rings (SSSR count). The second kappa shape index (κ2) is 9.29. The van der Waals surface area contributed by atoms with Crippen molar-refractivity contribution in [1.29, 1.82) is 0 Å². The van der Waals surface area contributed by atoms with Crippen LogP contribution in [0.25, 0.3) is 0 Å². The molecular formula is C22H24N4O6. The van der Waals surface area contributed by atoms with Crippen LogP contribution in [-0.2, 0) is 9.59 Å². The zero-order valence-electron chi connectivity index (χ0n) is 17.5. The van der Waals surface area contributed by atoms with Crippen molar-refractivity contribution in [2.75, 3.05) is 18.0 Å². The van der Waals surface area contributed by atoms with Crippen LogP contribution in [0.4, 0.5) is 11.5 Å². The number of hydrogen-bond donors (Lipinski definition) is 1. The summed E-state index contributed by atoms with van der Waals surface area (Å²) in [6, 6.07) is 7.33. The predicted molar refractivity (Wildman–Crippen MR) is 114 cm³/mol. The van der Waals surface area contributed by atoms with Crippen molar-refractivity contribution in [3.63, 3.8) is 0 Å². The number of anilines is 1. The number of Topliss-reactive ketones (excluding diaryl/α,β-unsaturated/α-hetero) is 1. The summed E-state index contributed by atoms with van der Waals surface area (Å²) >= 11 is 0. The molecule has 0 bridgehead atoms. The third-order valence-corrected chi connectivity index (χ3v) is 6.21. The van der Waals surface area contributed by atoms with Gasteiger partial charge >= 0.3 is 17.5 Å². The van der Waals surface area contributed by atoms with Gasteiger partial charge in [0.2, 0.25) is 5.82 Å². The lowest BCUT2D eigenvalue weighted by Gasteiger charge is -2.30. The molecule has 2 aliphatic rings. The Labute approximate surface area is 184 Å². The van der Waals surface area contributed by atoms with Crippen molar-refractivity contribution in [1.82, 2.24) is 9.97 Å². The molecule has 0 atom stereocenters. The van der Waals surface area contributed by atoms with Crippen molar-refractivity contribution in [2.45, 2.75) is 44.4 Å². The highest BCUT2D eigenvalue weighted by molar-refractivity contribution is 5.79. The number of ketones is 1. The Hall–Kier alpha value is -3.56. The fraction of sp³-hybridized carbons (Fsp3) is 0.455. The van der Waals surface area contributed by atoms with Crippen LogP contribution in [-0.4, -0.2) is 44.8 Å². The fourth-order valence-electron chi connectivity index (χ4n) is 4.35. The maximum absolute atomic E-state index is 11.8. The third kappa shape index (κ3) is 4.68. The molecule has 1 N–H and O–H groups in total. The first-order valence-corrected chi connectivity index (χ1v) is 10.7. The topological polar surface area (TPSA) is 136 Å². The number of carboxylic acid groups (broad SMARTS) is 1. The second-order valence-electron chi connectivity index (χ2n) is 8.19. The molecule has 168 valence electrons. The maximum Gasteiger partial charge on any atom is 0.373 e. The standard InChI is InChI=1S/C22H24N4O6/c27-17-5-1-14(2-6-17)15-3-7-18(8-4-15)32-21-19(26(30)31)20(23-13-24-21)25-11-9-16(10-12-25)22(28)29/h3-4,7-8,13-14,16H,1-2,5-6,9-12H2,(H,28,29). The number of carbonyl (C=O) groups excluding carboxylic acids is 1. The molecule has 0 spiro atoms. The first kappa shape index (κ1) is 21.7. The number of nitro groups is 1. The largest absolute Gasteiger partial charge is 0.481 e. The van der Waals surface area contributed by atoms with E-state index in [1.165, 1.54) is 6.33 Å². The van der Waals surface area contributed by atoms with E-state index < -0.39 is 16.8 Å². The molecule has 0 unspecified atom stereocenters. The molecule has 10 heteroatoms. The maximum atomic E-state index is 11.8. The van der Waals surface area contributed by atoms with Gasteiger partial charge in [-0.1, -0.05) is 12.1 Å². The molecule has 1 aliphatic heterocycles. The monoisotopic (exact) mass is 440 g/mol. The van der Waals surface area contributed by atoms with E-state index in [9.17, 15) is 24.8 Å². The van der Waals surface area contributed by atoms with Crippen LogP contribution < -0.4 is 9.64 Å². The molecule has 0 amide bonds.